The molecule has 0 bridgehead atoms. The first kappa shape index (κ1) is 9.08. The summed E-state index contributed by atoms with van der Waals surface area (Å²) >= 11 is 0. The fraction of sp³-hybridized carbons (Fsp3) is 0.182. The van der Waals surface area contributed by atoms with Crippen molar-refractivity contribution in [3.05, 3.63) is 23.9 Å². The lowest BCUT2D eigenvalue weighted by atomic mass is 10.1. The van der Waals surface area contributed by atoms with E-state index in [1.54, 1.807) is 0 Å². The van der Waals surface area contributed by atoms with Crippen LogP contribution in [0.5, 0.6) is 11.5 Å². The average Bonchev–Trinajstić information content (AvgIpc) is 2.85. The molecule has 0 unspecified atom stereocenters. The molecule has 16 heavy (non-hydrogen) atoms. The molecule has 0 amide bonds. The highest BCUT2D eigenvalue weighted by atomic mass is 16.7. The quantitative estimate of drug-likeness (QED) is 0.762. The molecule has 3 N–H and O–H groups in total. The predicted octanol–water partition coefficient (Wildman–Crippen LogP) is 1.70. The fourth-order valence-corrected chi connectivity index (χ4v) is 1.86. The highest BCUT2D eigenvalue weighted by Gasteiger charge is 2.16. The van der Waals surface area contributed by atoms with Gasteiger partial charge in [-0.25, -0.2) is 0 Å². The second-order valence-electron chi connectivity index (χ2n) is 3.68. The molecule has 5 heteroatoms. The van der Waals surface area contributed by atoms with Crippen LogP contribution in [-0.4, -0.2) is 17.0 Å². The number of H-pyrrole nitrogens is 1. The van der Waals surface area contributed by atoms with E-state index in [1.165, 1.54) is 0 Å². The lowest BCUT2D eigenvalue weighted by Crippen LogP contribution is -1.92. The van der Waals surface area contributed by atoms with Gasteiger partial charge in [-0.1, -0.05) is 6.07 Å². The number of aromatic nitrogens is 2. The third kappa shape index (κ3) is 1.21. The molecule has 1 aliphatic rings. The standard InChI is InChI=1S/C11H11N3O2/c1-6-10(11(12)14-13-6)7-2-3-8-9(4-7)16-5-15-8/h2-4H,5H2,1H3,(H3,12,13,14). The highest BCUT2D eigenvalue weighted by molar-refractivity contribution is 5.77. The van der Waals surface area contributed by atoms with E-state index in [4.69, 9.17) is 15.2 Å². The Morgan fingerprint density at radius 3 is 2.88 bits per heavy atom. The molecule has 2 aromatic rings. The van der Waals surface area contributed by atoms with Gasteiger partial charge in [-0.3, -0.25) is 5.10 Å². The molecule has 2 heterocycles. The number of nitrogens with one attached hydrogen (secondary N) is 1. The normalized spacial score (nSPS) is 13.1. The minimum atomic E-state index is 0.276. The van der Waals surface area contributed by atoms with E-state index in [1.807, 2.05) is 25.1 Å². The number of hydrogen-bond donors (Lipinski definition) is 2. The minimum absolute atomic E-state index is 0.276. The van der Waals surface area contributed by atoms with Crippen molar-refractivity contribution in [2.45, 2.75) is 6.92 Å². The van der Waals surface area contributed by atoms with E-state index in [2.05, 4.69) is 10.2 Å². The Morgan fingerprint density at radius 2 is 2.12 bits per heavy atom. The smallest absolute Gasteiger partial charge is 0.231 e. The Hall–Kier alpha value is -2.17. The van der Waals surface area contributed by atoms with Gasteiger partial charge in [-0.05, 0) is 24.6 Å². The summed E-state index contributed by atoms with van der Waals surface area (Å²) in [5, 5.41) is 6.82. The topological polar surface area (TPSA) is 73.2 Å². The number of aryl methyl sites for hydroxylation is 1. The summed E-state index contributed by atoms with van der Waals surface area (Å²) < 4.78 is 10.6. The molecule has 1 aromatic heterocycles. The van der Waals surface area contributed by atoms with Crippen LogP contribution in [0.4, 0.5) is 5.82 Å². The van der Waals surface area contributed by atoms with Crippen molar-refractivity contribution in [1.82, 2.24) is 10.2 Å². The van der Waals surface area contributed by atoms with Crippen molar-refractivity contribution in [2.24, 2.45) is 0 Å². The third-order valence-corrected chi connectivity index (χ3v) is 2.64. The number of fused-ring (bicyclic) bond motifs is 1. The highest BCUT2D eigenvalue weighted by Crippen LogP contribution is 2.37. The Morgan fingerprint density at radius 1 is 1.31 bits per heavy atom. The first-order chi connectivity index (χ1) is 7.75. The van der Waals surface area contributed by atoms with Gasteiger partial charge in [0.05, 0.1) is 0 Å². The van der Waals surface area contributed by atoms with E-state index in [0.717, 1.165) is 28.3 Å². The molecule has 0 atom stereocenters. The van der Waals surface area contributed by atoms with Gasteiger partial charge >= 0.3 is 0 Å². The zero-order valence-electron chi connectivity index (χ0n) is 8.78. The zero-order chi connectivity index (χ0) is 11.1. The van der Waals surface area contributed by atoms with Crippen LogP contribution in [0.25, 0.3) is 11.1 Å². The minimum Gasteiger partial charge on any atom is -0.454 e. The summed E-state index contributed by atoms with van der Waals surface area (Å²) in [5.74, 6) is 2.01. The molecule has 1 aliphatic heterocycles. The summed E-state index contributed by atoms with van der Waals surface area (Å²) in [7, 11) is 0. The molecule has 1 aromatic carbocycles. The van der Waals surface area contributed by atoms with Crippen LogP contribution in [0, 0.1) is 6.92 Å². The number of benzene rings is 1. The van der Waals surface area contributed by atoms with Crippen LogP contribution in [0.3, 0.4) is 0 Å². The Balaban J connectivity index is 2.14. The largest absolute Gasteiger partial charge is 0.454 e. The molecule has 0 aliphatic carbocycles. The van der Waals surface area contributed by atoms with Crippen molar-refractivity contribution < 1.29 is 9.47 Å². The second-order valence-corrected chi connectivity index (χ2v) is 3.68. The van der Waals surface area contributed by atoms with E-state index < -0.39 is 0 Å². The summed E-state index contributed by atoms with van der Waals surface area (Å²) in [6.45, 7) is 2.21. The van der Waals surface area contributed by atoms with Crippen LogP contribution in [0.15, 0.2) is 18.2 Å². The monoisotopic (exact) mass is 217 g/mol. The van der Waals surface area contributed by atoms with Gasteiger partial charge in [-0.2, -0.15) is 5.10 Å². The summed E-state index contributed by atoms with van der Waals surface area (Å²) in [4.78, 5) is 0. The fourth-order valence-electron chi connectivity index (χ4n) is 1.86. The lowest BCUT2D eigenvalue weighted by molar-refractivity contribution is 0.174. The van der Waals surface area contributed by atoms with E-state index in [0.29, 0.717) is 5.82 Å². The molecule has 0 saturated heterocycles. The molecule has 3 rings (SSSR count). The van der Waals surface area contributed by atoms with Crippen LogP contribution < -0.4 is 15.2 Å². The SMILES string of the molecule is Cc1[nH]nc(N)c1-c1ccc2c(c1)OCO2. The maximum absolute atomic E-state index is 5.80. The van der Waals surface area contributed by atoms with Crippen molar-refractivity contribution in [3.8, 4) is 22.6 Å². The Bertz CT molecular complexity index is 529. The molecule has 0 saturated carbocycles. The van der Waals surface area contributed by atoms with Gasteiger partial charge in [0.2, 0.25) is 6.79 Å². The maximum Gasteiger partial charge on any atom is 0.231 e. The Kier molecular flexibility index (Phi) is 1.80. The summed E-state index contributed by atoms with van der Waals surface area (Å²) in [6, 6.07) is 5.74. The second kappa shape index (κ2) is 3.16. The van der Waals surface area contributed by atoms with Crippen molar-refractivity contribution in [1.29, 1.82) is 0 Å². The molecule has 5 nitrogen and oxygen atoms in total. The van der Waals surface area contributed by atoms with Gasteiger partial charge in [0.1, 0.15) is 0 Å². The maximum atomic E-state index is 5.80. The number of nitrogens with zero attached hydrogens (tertiary/aromatic N) is 1. The first-order valence-corrected chi connectivity index (χ1v) is 4.96. The van der Waals surface area contributed by atoms with Crippen LogP contribution in [-0.2, 0) is 0 Å². The number of ether oxygens (including phenoxy) is 2. The number of nitrogens with two attached hydrogens (primary N) is 1. The number of nitrogen functional groups attached to an aromatic ring is 1. The van der Waals surface area contributed by atoms with E-state index in [-0.39, 0.29) is 6.79 Å². The zero-order valence-corrected chi connectivity index (χ0v) is 8.78. The molecule has 82 valence electrons. The first-order valence-electron chi connectivity index (χ1n) is 4.96. The van der Waals surface area contributed by atoms with Crippen molar-refractivity contribution in [2.75, 3.05) is 12.5 Å². The predicted molar refractivity (Wildman–Crippen MR) is 59.3 cm³/mol. The average molecular weight is 217 g/mol. The summed E-state index contributed by atoms with van der Waals surface area (Å²) in [6.07, 6.45) is 0. The Labute approximate surface area is 92.2 Å². The molecule has 0 spiro atoms. The van der Waals surface area contributed by atoms with E-state index >= 15 is 0 Å². The number of anilines is 1. The van der Waals surface area contributed by atoms with Crippen LogP contribution in [0.2, 0.25) is 0 Å². The van der Waals surface area contributed by atoms with Crippen LogP contribution in [0.1, 0.15) is 5.69 Å². The van der Waals surface area contributed by atoms with Gasteiger partial charge < -0.3 is 15.2 Å². The number of aromatic amines is 1. The number of hydrogen-bond acceptors (Lipinski definition) is 4. The summed E-state index contributed by atoms with van der Waals surface area (Å²) in [5.41, 5.74) is 8.64. The third-order valence-electron chi connectivity index (χ3n) is 2.64. The van der Waals surface area contributed by atoms with Crippen molar-refractivity contribution >= 4 is 5.82 Å². The lowest BCUT2D eigenvalue weighted by Gasteiger charge is -2.02. The molecular weight excluding hydrogens is 206 g/mol. The molecule has 0 radical (unpaired) electrons. The van der Waals surface area contributed by atoms with Gasteiger partial charge in [0.25, 0.3) is 0 Å². The van der Waals surface area contributed by atoms with Gasteiger partial charge in [0, 0.05) is 11.3 Å². The molecular formula is C11H11N3O2. The van der Waals surface area contributed by atoms with Crippen molar-refractivity contribution in [3.63, 3.8) is 0 Å². The van der Waals surface area contributed by atoms with Gasteiger partial charge in [0.15, 0.2) is 17.3 Å². The molecule has 0 fully saturated rings. The van der Waals surface area contributed by atoms with Crippen LogP contribution >= 0.6 is 0 Å². The van der Waals surface area contributed by atoms with E-state index in [9.17, 15) is 0 Å². The number of rotatable bonds is 1. The van der Waals surface area contributed by atoms with Gasteiger partial charge in [-0.15, -0.1) is 0 Å².